The molecule has 0 aliphatic carbocycles. The summed E-state index contributed by atoms with van der Waals surface area (Å²) in [4.78, 5) is 33.4. The molecule has 0 fully saturated rings. The largest absolute Gasteiger partial charge is 0.348 e. The number of nitrogens with one attached hydrogen (secondary N) is 2. The van der Waals surface area contributed by atoms with Crippen LogP contribution in [0.4, 0.5) is 11.4 Å². The molecule has 2 N–H and O–H groups in total. The molecule has 7 heteroatoms. The van der Waals surface area contributed by atoms with Gasteiger partial charge >= 0.3 is 0 Å². The molecule has 0 aliphatic heterocycles. The molecule has 0 aliphatic rings. The number of para-hydroxylation sites is 1. The minimum atomic E-state index is -0.495. The summed E-state index contributed by atoms with van der Waals surface area (Å²) in [7, 11) is 0. The summed E-state index contributed by atoms with van der Waals surface area (Å²) >= 11 is 0. The predicted octanol–water partition coefficient (Wildman–Crippen LogP) is 2.88. The molecule has 0 saturated carbocycles. The van der Waals surface area contributed by atoms with Crippen LogP contribution < -0.4 is 10.6 Å². The van der Waals surface area contributed by atoms with Gasteiger partial charge in [-0.15, -0.1) is 0 Å². The minimum Gasteiger partial charge on any atom is -0.348 e. The van der Waals surface area contributed by atoms with Gasteiger partial charge in [0.2, 0.25) is 11.8 Å². The zero-order valence-electron chi connectivity index (χ0n) is 13.6. The summed E-state index contributed by atoms with van der Waals surface area (Å²) in [6.45, 7) is 1.69. The van der Waals surface area contributed by atoms with E-state index < -0.39 is 4.92 Å². The third kappa shape index (κ3) is 5.58. The molecule has 0 bridgehead atoms. The van der Waals surface area contributed by atoms with Crippen LogP contribution >= 0.6 is 0 Å². The smallest absolute Gasteiger partial charge is 0.276 e. The number of nitro groups is 1. The van der Waals surface area contributed by atoms with Crippen molar-refractivity contribution >= 4 is 29.3 Å². The maximum atomic E-state index is 11.9. The highest BCUT2D eigenvalue weighted by Crippen LogP contribution is 2.18. The van der Waals surface area contributed by atoms with Crippen molar-refractivity contribution in [2.45, 2.75) is 13.5 Å². The Bertz CT molecular complexity index is 831. The minimum absolute atomic E-state index is 0.0606. The van der Waals surface area contributed by atoms with Crippen LogP contribution in [-0.2, 0) is 16.1 Å². The Morgan fingerprint density at radius 2 is 1.92 bits per heavy atom. The first-order valence-corrected chi connectivity index (χ1v) is 7.51. The summed E-state index contributed by atoms with van der Waals surface area (Å²) in [6, 6.07) is 13.3. The lowest BCUT2D eigenvalue weighted by Gasteiger charge is -2.06. The van der Waals surface area contributed by atoms with E-state index in [1.54, 1.807) is 36.4 Å². The van der Waals surface area contributed by atoms with E-state index in [9.17, 15) is 19.7 Å². The van der Waals surface area contributed by atoms with Gasteiger partial charge in [-0.1, -0.05) is 24.3 Å². The summed E-state index contributed by atoms with van der Waals surface area (Å²) in [6.07, 6.45) is 2.65. The molecule has 7 nitrogen and oxygen atoms in total. The summed E-state index contributed by atoms with van der Waals surface area (Å²) in [5.41, 5.74) is 1.76. The van der Waals surface area contributed by atoms with Gasteiger partial charge in [-0.3, -0.25) is 19.7 Å². The number of carbonyl (C=O) groups is 2. The van der Waals surface area contributed by atoms with E-state index in [0.29, 0.717) is 11.3 Å². The molecule has 2 aromatic rings. The third-order valence-electron chi connectivity index (χ3n) is 3.26. The van der Waals surface area contributed by atoms with Crippen molar-refractivity contribution < 1.29 is 14.5 Å². The Morgan fingerprint density at radius 1 is 1.16 bits per heavy atom. The topological polar surface area (TPSA) is 101 Å². The predicted molar refractivity (Wildman–Crippen MR) is 94.7 cm³/mol. The van der Waals surface area contributed by atoms with E-state index in [0.717, 1.165) is 5.56 Å². The standard InChI is InChI=1S/C18H17N3O4/c1-13(22)20-16-7-4-5-14(11-16)12-19-18(23)10-9-15-6-2-3-8-17(15)21(24)25/h2-11H,12H2,1H3,(H,19,23)(H,20,22)/b10-9+. The zero-order valence-corrected chi connectivity index (χ0v) is 13.6. The number of benzene rings is 2. The SMILES string of the molecule is CC(=O)Nc1cccc(CNC(=O)/C=C/c2ccccc2[N+](=O)[O-])c1. The van der Waals surface area contributed by atoms with Crippen molar-refractivity contribution in [1.29, 1.82) is 0 Å². The van der Waals surface area contributed by atoms with Crippen molar-refractivity contribution in [2.24, 2.45) is 0 Å². The van der Waals surface area contributed by atoms with Crippen LogP contribution in [-0.4, -0.2) is 16.7 Å². The van der Waals surface area contributed by atoms with Crippen molar-refractivity contribution in [2.75, 3.05) is 5.32 Å². The lowest BCUT2D eigenvalue weighted by molar-refractivity contribution is -0.385. The van der Waals surface area contributed by atoms with Crippen molar-refractivity contribution in [3.63, 3.8) is 0 Å². The Labute approximate surface area is 144 Å². The molecule has 0 radical (unpaired) electrons. The number of anilines is 1. The highest BCUT2D eigenvalue weighted by Gasteiger charge is 2.09. The number of nitrogens with zero attached hydrogens (tertiary/aromatic N) is 1. The highest BCUT2D eigenvalue weighted by atomic mass is 16.6. The third-order valence-corrected chi connectivity index (χ3v) is 3.26. The molecule has 2 amide bonds. The number of nitro benzene ring substituents is 1. The van der Waals surface area contributed by atoms with Crippen LogP contribution in [0.1, 0.15) is 18.1 Å². The average Bonchev–Trinajstić information content (AvgIpc) is 2.58. The monoisotopic (exact) mass is 339 g/mol. The van der Waals surface area contributed by atoms with Crippen LogP contribution in [0.3, 0.4) is 0 Å². The van der Waals surface area contributed by atoms with Crippen LogP contribution in [0.25, 0.3) is 6.08 Å². The summed E-state index contributed by atoms with van der Waals surface area (Å²) in [5.74, 6) is -0.545. The molecule has 0 saturated heterocycles. The first kappa shape index (κ1) is 17.9. The fraction of sp³-hybridized carbons (Fsp3) is 0.111. The molecule has 0 aromatic heterocycles. The van der Waals surface area contributed by atoms with Crippen molar-refractivity contribution in [3.8, 4) is 0 Å². The van der Waals surface area contributed by atoms with E-state index >= 15 is 0 Å². The molecule has 128 valence electrons. The molecule has 0 atom stereocenters. The molecule has 0 heterocycles. The lowest BCUT2D eigenvalue weighted by atomic mass is 10.1. The van der Waals surface area contributed by atoms with Crippen LogP contribution in [0, 0.1) is 10.1 Å². The molecule has 0 spiro atoms. The van der Waals surface area contributed by atoms with E-state index in [-0.39, 0.29) is 24.0 Å². The molecular formula is C18H17N3O4. The summed E-state index contributed by atoms with van der Waals surface area (Å²) in [5, 5.41) is 16.3. The van der Waals surface area contributed by atoms with Gasteiger partial charge in [0.15, 0.2) is 0 Å². The van der Waals surface area contributed by atoms with Gasteiger partial charge in [-0.25, -0.2) is 0 Å². The Kier molecular flexibility index (Phi) is 6.00. The van der Waals surface area contributed by atoms with E-state index in [2.05, 4.69) is 10.6 Å². The highest BCUT2D eigenvalue weighted by molar-refractivity contribution is 5.92. The van der Waals surface area contributed by atoms with Crippen LogP contribution in [0.2, 0.25) is 0 Å². The van der Waals surface area contributed by atoms with E-state index in [4.69, 9.17) is 0 Å². The molecule has 0 unspecified atom stereocenters. The Balaban J connectivity index is 1.97. The van der Waals surface area contributed by atoms with Gasteiger partial charge in [-0.2, -0.15) is 0 Å². The second-order valence-electron chi connectivity index (χ2n) is 5.25. The second kappa shape index (κ2) is 8.39. The van der Waals surface area contributed by atoms with Gasteiger partial charge < -0.3 is 10.6 Å². The van der Waals surface area contributed by atoms with Gasteiger partial charge in [0.1, 0.15) is 0 Å². The maximum Gasteiger partial charge on any atom is 0.276 e. The second-order valence-corrected chi connectivity index (χ2v) is 5.25. The van der Waals surface area contributed by atoms with E-state index in [1.807, 2.05) is 6.07 Å². The molecule has 25 heavy (non-hydrogen) atoms. The molecule has 2 aromatic carbocycles. The number of hydrogen-bond donors (Lipinski definition) is 2. The van der Waals surface area contributed by atoms with Gasteiger partial charge in [0.05, 0.1) is 10.5 Å². The Hall–Kier alpha value is -3.48. The maximum absolute atomic E-state index is 11.9. The number of rotatable bonds is 6. The quantitative estimate of drug-likeness (QED) is 0.480. The average molecular weight is 339 g/mol. The fourth-order valence-electron chi connectivity index (χ4n) is 2.17. The first-order chi connectivity index (χ1) is 12.0. The van der Waals surface area contributed by atoms with Gasteiger partial charge in [-0.05, 0) is 29.8 Å². The van der Waals surface area contributed by atoms with Crippen LogP contribution in [0.5, 0.6) is 0 Å². The van der Waals surface area contributed by atoms with Crippen molar-refractivity contribution in [3.05, 3.63) is 75.8 Å². The van der Waals surface area contributed by atoms with Gasteiger partial charge in [0, 0.05) is 31.3 Å². The Morgan fingerprint density at radius 3 is 2.64 bits per heavy atom. The van der Waals surface area contributed by atoms with Crippen LogP contribution in [0.15, 0.2) is 54.6 Å². The van der Waals surface area contributed by atoms with Crippen molar-refractivity contribution in [1.82, 2.24) is 5.32 Å². The zero-order chi connectivity index (χ0) is 18.2. The first-order valence-electron chi connectivity index (χ1n) is 7.51. The normalized spacial score (nSPS) is 10.4. The summed E-state index contributed by atoms with van der Waals surface area (Å²) < 4.78 is 0. The number of amides is 2. The molecule has 2 rings (SSSR count). The van der Waals surface area contributed by atoms with Gasteiger partial charge in [0.25, 0.3) is 5.69 Å². The number of hydrogen-bond acceptors (Lipinski definition) is 4. The van der Waals surface area contributed by atoms with E-state index in [1.165, 1.54) is 25.1 Å². The fourth-order valence-corrected chi connectivity index (χ4v) is 2.17. The number of carbonyl (C=O) groups excluding carboxylic acids is 2. The molecular weight excluding hydrogens is 322 g/mol. The lowest BCUT2D eigenvalue weighted by Crippen LogP contribution is -2.20.